The molecule has 5 nitrogen and oxygen atoms in total. The number of carbonyl (C=O) groups is 2. The molecule has 1 unspecified atom stereocenters. The first-order valence-electron chi connectivity index (χ1n) is 28.1. The third-order valence-corrected chi connectivity index (χ3v) is 11.9. The summed E-state index contributed by atoms with van der Waals surface area (Å²) < 4.78 is 17.4. The third kappa shape index (κ3) is 53.7. The zero-order valence-corrected chi connectivity index (χ0v) is 43.7. The molecule has 0 aromatic rings. The molecule has 0 spiro atoms. The lowest BCUT2D eigenvalue weighted by atomic mass is 10.1. The molecule has 1 atom stereocenters. The number of hydrogen-bond acceptors (Lipinski definition) is 5. The average Bonchev–Trinajstić information content (AvgIpc) is 3.32. The summed E-state index contributed by atoms with van der Waals surface area (Å²) in [6, 6.07) is 0. The lowest BCUT2D eigenvalue weighted by molar-refractivity contribution is -0.163. The number of allylic oxidation sites excluding steroid dienone is 14. The third-order valence-electron chi connectivity index (χ3n) is 11.9. The van der Waals surface area contributed by atoms with Gasteiger partial charge in [0.15, 0.2) is 6.10 Å². The van der Waals surface area contributed by atoms with E-state index in [1.807, 2.05) is 0 Å². The molecule has 0 bridgehead atoms. The number of carbonyl (C=O) groups excluding carboxylic acids is 2. The van der Waals surface area contributed by atoms with Crippen molar-refractivity contribution in [2.24, 2.45) is 0 Å². The summed E-state index contributed by atoms with van der Waals surface area (Å²) >= 11 is 0. The Labute approximate surface area is 409 Å². The summed E-state index contributed by atoms with van der Waals surface area (Å²) in [5.41, 5.74) is 0. The van der Waals surface area contributed by atoms with Gasteiger partial charge in [-0.3, -0.25) is 9.59 Å². The Morgan fingerprint density at radius 3 is 1.12 bits per heavy atom. The summed E-state index contributed by atoms with van der Waals surface area (Å²) in [6.07, 6.45) is 74.6. The summed E-state index contributed by atoms with van der Waals surface area (Å²) in [5.74, 6) is -0.430. The first-order chi connectivity index (χ1) is 32.6. The maximum absolute atomic E-state index is 12.8. The minimum Gasteiger partial charge on any atom is -0.462 e. The number of rotatable bonds is 51. The Kier molecular flexibility index (Phi) is 53.9. The second kappa shape index (κ2) is 56.4. The van der Waals surface area contributed by atoms with Crippen LogP contribution in [0.2, 0.25) is 0 Å². The highest BCUT2D eigenvalue weighted by molar-refractivity contribution is 5.70. The van der Waals surface area contributed by atoms with Gasteiger partial charge in [0, 0.05) is 19.4 Å². The van der Waals surface area contributed by atoms with Crippen LogP contribution in [0.5, 0.6) is 0 Å². The van der Waals surface area contributed by atoms with Gasteiger partial charge in [0.25, 0.3) is 0 Å². The molecule has 0 rings (SSSR count). The lowest BCUT2D eigenvalue weighted by Crippen LogP contribution is -2.30. The largest absolute Gasteiger partial charge is 0.462 e. The van der Waals surface area contributed by atoms with Gasteiger partial charge in [-0.2, -0.15) is 0 Å². The second-order valence-electron chi connectivity index (χ2n) is 18.4. The molecule has 0 aliphatic rings. The smallest absolute Gasteiger partial charge is 0.306 e. The number of ether oxygens (including phenoxy) is 3. The van der Waals surface area contributed by atoms with Gasteiger partial charge in [-0.25, -0.2) is 0 Å². The van der Waals surface area contributed by atoms with Crippen molar-refractivity contribution in [3.05, 3.63) is 85.1 Å². The summed E-state index contributed by atoms with van der Waals surface area (Å²) in [4.78, 5) is 25.5. The van der Waals surface area contributed by atoms with E-state index in [9.17, 15) is 9.59 Å². The average molecular weight is 920 g/mol. The van der Waals surface area contributed by atoms with Crippen LogP contribution in [0.3, 0.4) is 0 Å². The Morgan fingerprint density at radius 1 is 0.348 bits per heavy atom. The molecule has 0 amide bonds. The van der Waals surface area contributed by atoms with Crippen LogP contribution in [0, 0.1) is 0 Å². The van der Waals surface area contributed by atoms with Gasteiger partial charge in [-0.05, 0) is 116 Å². The van der Waals surface area contributed by atoms with E-state index in [0.717, 1.165) is 89.9 Å². The molecule has 0 radical (unpaired) electrons. The highest BCUT2D eigenvalue weighted by atomic mass is 16.6. The van der Waals surface area contributed by atoms with E-state index in [0.29, 0.717) is 19.4 Å². The van der Waals surface area contributed by atoms with Crippen LogP contribution in [0.15, 0.2) is 85.1 Å². The second-order valence-corrected chi connectivity index (χ2v) is 18.4. The molecule has 0 fully saturated rings. The van der Waals surface area contributed by atoms with E-state index in [1.165, 1.54) is 141 Å². The summed E-state index contributed by atoms with van der Waals surface area (Å²) in [5, 5.41) is 0. The van der Waals surface area contributed by atoms with Crippen LogP contribution in [0.4, 0.5) is 0 Å². The molecule has 5 heteroatoms. The Morgan fingerprint density at radius 2 is 0.682 bits per heavy atom. The van der Waals surface area contributed by atoms with Crippen molar-refractivity contribution in [3.8, 4) is 0 Å². The van der Waals surface area contributed by atoms with Crippen molar-refractivity contribution in [2.75, 3.05) is 19.8 Å². The van der Waals surface area contributed by atoms with E-state index in [2.05, 4.69) is 106 Å². The van der Waals surface area contributed by atoms with Gasteiger partial charge < -0.3 is 14.2 Å². The van der Waals surface area contributed by atoms with E-state index < -0.39 is 6.10 Å². The minimum absolute atomic E-state index is 0.0612. The molecule has 0 N–H and O–H groups in total. The van der Waals surface area contributed by atoms with Gasteiger partial charge in [-0.15, -0.1) is 0 Å². The quantitative estimate of drug-likeness (QED) is 0.0346. The molecule has 380 valence electrons. The van der Waals surface area contributed by atoms with E-state index in [1.54, 1.807) is 0 Å². The predicted molar refractivity (Wildman–Crippen MR) is 288 cm³/mol. The summed E-state index contributed by atoms with van der Waals surface area (Å²) in [6.45, 7) is 7.60. The molecule has 0 saturated carbocycles. The first-order valence-corrected chi connectivity index (χ1v) is 28.1. The molecule has 0 saturated heterocycles. The minimum atomic E-state index is -0.567. The molecule has 0 aliphatic heterocycles. The van der Waals surface area contributed by atoms with Crippen LogP contribution >= 0.6 is 0 Å². The molecule has 0 aromatic carbocycles. The van der Waals surface area contributed by atoms with Crippen LogP contribution in [0.25, 0.3) is 0 Å². The van der Waals surface area contributed by atoms with Crippen LogP contribution in [0.1, 0.15) is 265 Å². The van der Waals surface area contributed by atoms with E-state index in [-0.39, 0.29) is 25.2 Å². The van der Waals surface area contributed by atoms with Gasteiger partial charge in [-0.1, -0.05) is 221 Å². The Bertz CT molecular complexity index is 1220. The van der Waals surface area contributed by atoms with Gasteiger partial charge in [0.1, 0.15) is 6.61 Å². The van der Waals surface area contributed by atoms with Crippen molar-refractivity contribution < 1.29 is 23.8 Å². The topological polar surface area (TPSA) is 61.8 Å². The van der Waals surface area contributed by atoms with Crippen LogP contribution < -0.4 is 0 Å². The Hall–Kier alpha value is -2.92. The van der Waals surface area contributed by atoms with Gasteiger partial charge in [0.2, 0.25) is 0 Å². The fourth-order valence-electron chi connectivity index (χ4n) is 7.70. The Balaban J connectivity index is 4.33. The van der Waals surface area contributed by atoms with Crippen LogP contribution in [-0.2, 0) is 23.8 Å². The van der Waals surface area contributed by atoms with E-state index >= 15 is 0 Å². The number of unbranched alkanes of at least 4 members (excludes halogenated alkanes) is 26. The maximum atomic E-state index is 12.8. The molecule has 66 heavy (non-hydrogen) atoms. The first kappa shape index (κ1) is 63.1. The molecule has 0 aliphatic carbocycles. The fourth-order valence-corrected chi connectivity index (χ4v) is 7.70. The van der Waals surface area contributed by atoms with Crippen molar-refractivity contribution in [2.45, 2.75) is 271 Å². The van der Waals surface area contributed by atoms with Crippen molar-refractivity contribution in [1.29, 1.82) is 0 Å². The van der Waals surface area contributed by atoms with Gasteiger partial charge in [0.05, 0.1) is 6.61 Å². The van der Waals surface area contributed by atoms with Crippen molar-refractivity contribution in [3.63, 3.8) is 0 Å². The SMILES string of the molecule is CC/C=C\C/C=C\C/C=C\C/C=C\C/C=C\CCCCOCC(COC(=O)CCCCCCCCCCC/C=C\CCCCCCCC)OC(=O)CCCCCCC/C=C\CCCCCC. The monoisotopic (exact) mass is 919 g/mol. The highest BCUT2D eigenvalue weighted by Gasteiger charge is 2.17. The van der Waals surface area contributed by atoms with Crippen molar-refractivity contribution >= 4 is 11.9 Å². The predicted octanol–water partition coefficient (Wildman–Crippen LogP) is 19.2. The number of hydrogen-bond donors (Lipinski definition) is 0. The van der Waals surface area contributed by atoms with Gasteiger partial charge >= 0.3 is 11.9 Å². The van der Waals surface area contributed by atoms with E-state index in [4.69, 9.17) is 14.2 Å². The zero-order valence-electron chi connectivity index (χ0n) is 43.7. The van der Waals surface area contributed by atoms with Crippen LogP contribution in [-0.4, -0.2) is 37.9 Å². The standard InChI is InChI=1S/C61H106O5/c1-4-7-10-13-16-19-22-25-27-29-31-32-34-37-39-42-45-48-51-54-60(62)65-58-59(66-61(63)55-52-49-46-43-40-36-24-21-18-15-12-9-6-3)57-64-56-53-50-47-44-41-38-35-33-30-28-26-23-20-17-14-11-8-5-2/h8,11,17,20-21,24-28,33,35,41,44,59H,4-7,9-10,12-16,18-19,22-23,29-32,34,36-40,42-43,45-58H2,1-3H3/b11-8-,20-17-,24-21-,27-25-,28-26-,35-33-,44-41-. The molecular formula is C61H106O5. The molecule has 0 heterocycles. The molecule has 0 aromatic heterocycles. The fraction of sp³-hybridized carbons (Fsp3) is 0.738. The summed E-state index contributed by atoms with van der Waals surface area (Å²) in [7, 11) is 0. The molecular weight excluding hydrogens is 813 g/mol. The number of esters is 2. The highest BCUT2D eigenvalue weighted by Crippen LogP contribution is 2.14. The lowest BCUT2D eigenvalue weighted by Gasteiger charge is -2.18. The normalized spacial score (nSPS) is 12.8. The maximum Gasteiger partial charge on any atom is 0.306 e. The van der Waals surface area contributed by atoms with Crippen molar-refractivity contribution in [1.82, 2.24) is 0 Å². The zero-order chi connectivity index (χ0) is 47.7.